The van der Waals surface area contributed by atoms with Crippen LogP contribution in [0.3, 0.4) is 0 Å². The van der Waals surface area contributed by atoms with Crippen molar-refractivity contribution in [3.05, 3.63) is 65.8 Å². The lowest BCUT2D eigenvalue weighted by molar-refractivity contribution is -0.142. The number of aromatic nitrogens is 5. The van der Waals surface area contributed by atoms with Crippen LogP contribution in [0, 0.1) is 5.82 Å². The number of rotatable bonds is 7. The summed E-state index contributed by atoms with van der Waals surface area (Å²) in [6.07, 6.45) is 4.58. The van der Waals surface area contributed by atoms with Crippen molar-refractivity contribution in [1.82, 2.24) is 30.3 Å². The van der Waals surface area contributed by atoms with Gasteiger partial charge in [-0.15, -0.1) is 5.10 Å². The molecule has 3 aromatic rings. The van der Waals surface area contributed by atoms with Crippen molar-refractivity contribution < 1.29 is 18.7 Å². The monoisotopic (exact) mass is 372 g/mol. The van der Waals surface area contributed by atoms with Crippen molar-refractivity contribution in [2.75, 3.05) is 7.11 Å². The molecule has 140 valence electrons. The van der Waals surface area contributed by atoms with Crippen LogP contribution in [-0.4, -0.2) is 50.0 Å². The van der Waals surface area contributed by atoms with Gasteiger partial charge < -0.3 is 15.0 Å². The number of ether oxygens (including phenoxy) is 1. The first-order chi connectivity index (χ1) is 13.1. The van der Waals surface area contributed by atoms with Crippen LogP contribution in [0.1, 0.15) is 21.7 Å². The van der Waals surface area contributed by atoms with Crippen molar-refractivity contribution in [2.24, 2.45) is 0 Å². The molecule has 2 N–H and O–H groups in total. The zero-order chi connectivity index (χ0) is 19.2. The summed E-state index contributed by atoms with van der Waals surface area (Å²) in [5.74, 6) is -1.56. The molecule has 10 heteroatoms. The predicted octanol–water partition coefficient (Wildman–Crippen LogP) is 0.703. The summed E-state index contributed by atoms with van der Waals surface area (Å²) < 4.78 is 19.8. The highest BCUT2D eigenvalue weighted by Crippen LogP contribution is 2.08. The Morgan fingerprint density at radius 3 is 2.89 bits per heavy atom. The minimum Gasteiger partial charge on any atom is -0.467 e. The quantitative estimate of drug-likeness (QED) is 0.590. The molecule has 1 atom stereocenters. The number of imidazole rings is 1. The Labute approximate surface area is 153 Å². The van der Waals surface area contributed by atoms with Gasteiger partial charge >= 0.3 is 5.97 Å². The van der Waals surface area contributed by atoms with Gasteiger partial charge in [0.05, 0.1) is 26.2 Å². The third kappa shape index (κ3) is 4.54. The molecular weight excluding hydrogens is 355 g/mol. The van der Waals surface area contributed by atoms with E-state index in [1.807, 2.05) is 0 Å². The van der Waals surface area contributed by atoms with Gasteiger partial charge in [0, 0.05) is 23.9 Å². The SMILES string of the molecule is COC(=O)[C@H](Cc1cnc[nH]1)NC(=O)c1cn(Cc2ccccc2F)nn1. The lowest BCUT2D eigenvalue weighted by atomic mass is 10.1. The van der Waals surface area contributed by atoms with E-state index in [0.717, 1.165) is 0 Å². The molecule has 0 aliphatic rings. The maximum absolute atomic E-state index is 13.7. The number of nitrogens with one attached hydrogen (secondary N) is 2. The molecule has 0 bridgehead atoms. The van der Waals surface area contributed by atoms with Crippen molar-refractivity contribution in [1.29, 1.82) is 0 Å². The van der Waals surface area contributed by atoms with E-state index in [1.165, 1.54) is 30.4 Å². The second-order valence-corrected chi connectivity index (χ2v) is 5.72. The average Bonchev–Trinajstić information content (AvgIpc) is 3.34. The third-order valence-electron chi connectivity index (χ3n) is 3.83. The first kappa shape index (κ1) is 18.2. The summed E-state index contributed by atoms with van der Waals surface area (Å²) in [4.78, 5) is 31.1. The van der Waals surface area contributed by atoms with Crippen LogP contribution >= 0.6 is 0 Å². The maximum atomic E-state index is 13.7. The van der Waals surface area contributed by atoms with E-state index >= 15 is 0 Å². The largest absolute Gasteiger partial charge is 0.467 e. The normalized spacial score (nSPS) is 11.8. The van der Waals surface area contributed by atoms with E-state index in [2.05, 4.69) is 25.6 Å². The molecule has 1 aromatic carbocycles. The Morgan fingerprint density at radius 2 is 2.19 bits per heavy atom. The average molecular weight is 372 g/mol. The summed E-state index contributed by atoms with van der Waals surface area (Å²) in [5, 5.41) is 10.2. The van der Waals surface area contributed by atoms with Crippen LogP contribution < -0.4 is 5.32 Å². The highest BCUT2D eigenvalue weighted by atomic mass is 19.1. The second kappa shape index (κ2) is 8.21. The van der Waals surface area contributed by atoms with Gasteiger partial charge in [-0.25, -0.2) is 18.9 Å². The van der Waals surface area contributed by atoms with Crippen LogP contribution in [-0.2, 0) is 22.5 Å². The number of aromatic amines is 1. The number of H-pyrrole nitrogens is 1. The molecule has 0 fully saturated rings. The lowest BCUT2D eigenvalue weighted by Crippen LogP contribution is -2.43. The maximum Gasteiger partial charge on any atom is 0.328 e. The summed E-state index contributed by atoms with van der Waals surface area (Å²) in [6.45, 7) is 0.127. The number of benzene rings is 1. The number of amides is 1. The highest BCUT2D eigenvalue weighted by molar-refractivity contribution is 5.94. The predicted molar refractivity (Wildman–Crippen MR) is 91.1 cm³/mol. The number of methoxy groups -OCH3 is 1. The fourth-order valence-corrected chi connectivity index (χ4v) is 2.46. The van der Waals surface area contributed by atoms with E-state index in [9.17, 15) is 14.0 Å². The molecule has 2 heterocycles. The summed E-state index contributed by atoms with van der Waals surface area (Å²) in [7, 11) is 1.24. The number of esters is 1. The van der Waals surface area contributed by atoms with E-state index in [1.54, 1.807) is 24.4 Å². The second-order valence-electron chi connectivity index (χ2n) is 5.72. The number of nitrogens with zero attached hydrogens (tertiary/aromatic N) is 4. The molecule has 27 heavy (non-hydrogen) atoms. The molecule has 0 unspecified atom stereocenters. The zero-order valence-electron chi connectivity index (χ0n) is 14.4. The van der Waals surface area contributed by atoms with E-state index < -0.39 is 17.9 Å². The van der Waals surface area contributed by atoms with Crippen LogP contribution in [0.2, 0.25) is 0 Å². The third-order valence-corrected chi connectivity index (χ3v) is 3.83. The Hall–Kier alpha value is -3.56. The van der Waals surface area contributed by atoms with Crippen molar-refractivity contribution in [3.63, 3.8) is 0 Å². The number of hydrogen-bond donors (Lipinski definition) is 2. The fraction of sp³-hybridized carbons (Fsp3) is 0.235. The van der Waals surface area contributed by atoms with E-state index in [0.29, 0.717) is 11.3 Å². The van der Waals surface area contributed by atoms with Crippen LogP contribution in [0.5, 0.6) is 0 Å². The molecule has 0 aliphatic heterocycles. The molecule has 9 nitrogen and oxygen atoms in total. The van der Waals surface area contributed by atoms with Gasteiger partial charge in [-0.05, 0) is 6.07 Å². The molecule has 0 radical (unpaired) electrons. The van der Waals surface area contributed by atoms with Gasteiger partial charge in [0.25, 0.3) is 5.91 Å². The van der Waals surface area contributed by atoms with Crippen LogP contribution in [0.15, 0.2) is 43.0 Å². The minimum atomic E-state index is -0.917. The Morgan fingerprint density at radius 1 is 1.37 bits per heavy atom. The molecule has 0 aliphatic carbocycles. The van der Waals surface area contributed by atoms with Gasteiger partial charge in [0.2, 0.25) is 0 Å². The molecule has 2 aromatic heterocycles. The molecule has 0 saturated carbocycles. The van der Waals surface area contributed by atoms with Gasteiger partial charge in [-0.2, -0.15) is 0 Å². The first-order valence-corrected chi connectivity index (χ1v) is 8.06. The minimum absolute atomic E-state index is 0.00449. The Bertz CT molecular complexity index is 924. The van der Waals surface area contributed by atoms with Gasteiger partial charge in [-0.1, -0.05) is 23.4 Å². The summed E-state index contributed by atoms with van der Waals surface area (Å²) in [6, 6.07) is 5.34. The molecule has 1 amide bonds. The molecule has 0 spiro atoms. The number of carbonyl (C=O) groups excluding carboxylic acids is 2. The van der Waals surface area contributed by atoms with Crippen molar-refractivity contribution in [2.45, 2.75) is 19.0 Å². The summed E-state index contributed by atoms with van der Waals surface area (Å²) in [5.41, 5.74) is 1.08. The number of carbonyl (C=O) groups is 2. The topological polar surface area (TPSA) is 115 Å². The van der Waals surface area contributed by atoms with Crippen LogP contribution in [0.4, 0.5) is 4.39 Å². The lowest BCUT2D eigenvalue weighted by Gasteiger charge is -2.14. The smallest absolute Gasteiger partial charge is 0.328 e. The van der Waals surface area contributed by atoms with E-state index in [4.69, 9.17) is 4.74 Å². The standard InChI is InChI=1S/C17H17FN6O3/c1-27-17(26)14(6-12-7-19-10-20-12)21-16(25)15-9-24(23-22-15)8-11-4-2-3-5-13(11)18/h2-5,7,9-10,14H,6,8H2,1H3,(H,19,20)(H,21,25)/t14-/m0/s1. The van der Waals surface area contributed by atoms with Crippen molar-refractivity contribution in [3.8, 4) is 0 Å². The molecular formula is C17H17FN6O3. The van der Waals surface area contributed by atoms with Crippen LogP contribution in [0.25, 0.3) is 0 Å². The number of hydrogen-bond acceptors (Lipinski definition) is 6. The Balaban J connectivity index is 1.68. The zero-order valence-corrected chi connectivity index (χ0v) is 14.4. The first-order valence-electron chi connectivity index (χ1n) is 8.06. The van der Waals surface area contributed by atoms with Crippen molar-refractivity contribution >= 4 is 11.9 Å². The summed E-state index contributed by atoms with van der Waals surface area (Å²) >= 11 is 0. The van der Waals surface area contributed by atoms with Gasteiger partial charge in [0.1, 0.15) is 11.9 Å². The van der Waals surface area contributed by atoms with Gasteiger partial charge in [0.15, 0.2) is 5.69 Å². The molecule has 3 rings (SSSR count). The number of halogens is 1. The highest BCUT2D eigenvalue weighted by Gasteiger charge is 2.24. The molecule has 0 saturated heterocycles. The van der Waals surface area contributed by atoms with E-state index in [-0.39, 0.29) is 24.5 Å². The Kier molecular flexibility index (Phi) is 5.55. The van der Waals surface area contributed by atoms with Gasteiger partial charge in [-0.3, -0.25) is 4.79 Å². The fourth-order valence-electron chi connectivity index (χ4n) is 2.46.